The lowest BCUT2D eigenvalue weighted by Crippen LogP contribution is -2.15. The first kappa shape index (κ1) is 18.9. The number of aryl methyl sites for hydroxylation is 5. The van der Waals surface area contributed by atoms with E-state index in [1.165, 1.54) is 27.8 Å². The molecule has 0 atom stereocenters. The summed E-state index contributed by atoms with van der Waals surface area (Å²) in [5.41, 5.74) is 4.42. The van der Waals surface area contributed by atoms with Crippen molar-refractivity contribution in [1.82, 2.24) is 9.97 Å². The molecule has 3 rings (SSSR count). The van der Waals surface area contributed by atoms with E-state index < -0.39 is 0 Å². The Kier molecular flexibility index (Phi) is 5.63. The van der Waals surface area contributed by atoms with E-state index >= 15 is 0 Å². The van der Waals surface area contributed by atoms with Gasteiger partial charge in [0.1, 0.15) is 15.7 Å². The molecule has 0 bridgehead atoms. The largest absolute Gasteiger partial charge is 0.325 e. The van der Waals surface area contributed by atoms with Gasteiger partial charge in [0.2, 0.25) is 5.91 Å². The number of hydrogen-bond donors (Lipinski definition) is 1. The first-order valence-corrected chi connectivity index (χ1v) is 10.5. The van der Waals surface area contributed by atoms with Gasteiger partial charge in [-0.15, -0.1) is 11.3 Å². The van der Waals surface area contributed by atoms with E-state index in [1.807, 2.05) is 32.9 Å². The minimum atomic E-state index is -0.0173. The maximum absolute atomic E-state index is 12.4. The van der Waals surface area contributed by atoms with Crippen LogP contribution in [-0.4, -0.2) is 21.6 Å². The van der Waals surface area contributed by atoms with Crippen LogP contribution in [0.15, 0.2) is 23.2 Å². The Bertz CT molecular complexity index is 979. The summed E-state index contributed by atoms with van der Waals surface area (Å²) in [6, 6.07) is 6.04. The second-order valence-electron chi connectivity index (χ2n) is 6.40. The summed E-state index contributed by atoms with van der Waals surface area (Å²) in [5.74, 6) is 1.06. The van der Waals surface area contributed by atoms with Crippen molar-refractivity contribution in [3.8, 4) is 0 Å². The van der Waals surface area contributed by atoms with Gasteiger partial charge in [-0.3, -0.25) is 4.79 Å². The summed E-state index contributed by atoms with van der Waals surface area (Å²) in [4.78, 5) is 23.9. The molecule has 0 radical (unpaired) electrons. The van der Waals surface area contributed by atoms with Crippen LogP contribution in [0.2, 0.25) is 0 Å². The zero-order chi connectivity index (χ0) is 18.8. The monoisotopic (exact) mass is 385 g/mol. The number of rotatable bonds is 5. The van der Waals surface area contributed by atoms with E-state index in [0.717, 1.165) is 38.7 Å². The van der Waals surface area contributed by atoms with Crippen LogP contribution in [-0.2, 0) is 11.2 Å². The van der Waals surface area contributed by atoms with Crippen LogP contribution < -0.4 is 5.32 Å². The highest BCUT2D eigenvalue weighted by molar-refractivity contribution is 8.00. The van der Waals surface area contributed by atoms with Gasteiger partial charge in [0.25, 0.3) is 0 Å². The van der Waals surface area contributed by atoms with E-state index in [0.29, 0.717) is 5.75 Å². The molecule has 0 aliphatic heterocycles. The van der Waals surface area contributed by atoms with Gasteiger partial charge in [-0.25, -0.2) is 9.97 Å². The molecular formula is C20H23N3OS2. The third-order valence-corrected chi connectivity index (χ3v) is 6.30. The zero-order valence-corrected chi connectivity index (χ0v) is 17.4. The molecule has 26 heavy (non-hydrogen) atoms. The molecule has 0 unspecified atom stereocenters. The van der Waals surface area contributed by atoms with Crippen LogP contribution in [0.5, 0.6) is 0 Å². The van der Waals surface area contributed by atoms with Crippen molar-refractivity contribution in [1.29, 1.82) is 0 Å². The Morgan fingerprint density at radius 2 is 1.96 bits per heavy atom. The van der Waals surface area contributed by atoms with Gasteiger partial charge in [-0.1, -0.05) is 36.4 Å². The third kappa shape index (κ3) is 3.91. The molecule has 0 aliphatic carbocycles. The first-order chi connectivity index (χ1) is 12.4. The zero-order valence-electron chi connectivity index (χ0n) is 15.8. The molecule has 0 spiro atoms. The fourth-order valence-corrected chi connectivity index (χ4v) is 5.17. The molecule has 2 heterocycles. The van der Waals surface area contributed by atoms with Gasteiger partial charge in [0.05, 0.1) is 5.75 Å². The molecule has 0 saturated heterocycles. The molecule has 136 valence electrons. The summed E-state index contributed by atoms with van der Waals surface area (Å²) < 4.78 is 0. The fourth-order valence-electron chi connectivity index (χ4n) is 3.04. The fraction of sp³-hybridized carbons (Fsp3) is 0.350. The molecule has 3 aromatic rings. The molecule has 6 heteroatoms. The number of carbonyl (C=O) groups is 1. The van der Waals surface area contributed by atoms with Crippen molar-refractivity contribution in [3.05, 3.63) is 45.6 Å². The average molecular weight is 386 g/mol. The number of carbonyl (C=O) groups excluding carboxylic acids is 1. The first-order valence-electron chi connectivity index (χ1n) is 8.65. The molecule has 1 amide bonds. The van der Waals surface area contributed by atoms with Gasteiger partial charge in [0, 0.05) is 16.0 Å². The number of thioether (sulfide) groups is 1. The van der Waals surface area contributed by atoms with Crippen molar-refractivity contribution < 1.29 is 4.79 Å². The second kappa shape index (κ2) is 7.76. The van der Waals surface area contributed by atoms with Crippen LogP contribution >= 0.6 is 23.1 Å². The smallest absolute Gasteiger partial charge is 0.234 e. The summed E-state index contributed by atoms with van der Waals surface area (Å²) in [6.07, 6.45) is 0.945. The van der Waals surface area contributed by atoms with E-state index in [2.05, 4.69) is 35.2 Å². The standard InChI is InChI=1S/C20H23N3OS2/c1-6-15-13(4)26-20-18(15)19(21-14(5)22-20)25-10-17(24)23-16-8-7-11(2)9-12(16)3/h7-9H,6,10H2,1-5H3,(H,23,24). The number of fused-ring (bicyclic) bond motifs is 1. The van der Waals surface area contributed by atoms with Crippen molar-refractivity contribution in [2.45, 2.75) is 46.1 Å². The summed E-state index contributed by atoms with van der Waals surface area (Å²) in [7, 11) is 0. The normalized spacial score (nSPS) is 11.1. The predicted molar refractivity (Wildman–Crippen MR) is 112 cm³/mol. The van der Waals surface area contributed by atoms with Crippen LogP contribution in [0.25, 0.3) is 10.2 Å². The average Bonchev–Trinajstić information content (AvgIpc) is 2.90. The maximum Gasteiger partial charge on any atom is 0.234 e. The highest BCUT2D eigenvalue weighted by Gasteiger charge is 2.16. The minimum Gasteiger partial charge on any atom is -0.325 e. The van der Waals surface area contributed by atoms with Crippen LogP contribution in [0.3, 0.4) is 0 Å². The molecule has 1 aromatic carbocycles. The summed E-state index contributed by atoms with van der Waals surface area (Å²) in [5, 5.41) is 5.03. The molecule has 0 fully saturated rings. The third-order valence-electron chi connectivity index (χ3n) is 4.28. The van der Waals surface area contributed by atoms with E-state index in [4.69, 9.17) is 0 Å². The van der Waals surface area contributed by atoms with Gasteiger partial charge >= 0.3 is 0 Å². The van der Waals surface area contributed by atoms with Gasteiger partial charge in [-0.2, -0.15) is 0 Å². The molecule has 1 N–H and O–H groups in total. The number of thiophene rings is 1. The van der Waals surface area contributed by atoms with Crippen molar-refractivity contribution in [2.75, 3.05) is 11.1 Å². The lowest BCUT2D eigenvalue weighted by Gasteiger charge is -2.10. The number of amides is 1. The number of aromatic nitrogens is 2. The number of nitrogens with one attached hydrogen (secondary N) is 1. The van der Waals surface area contributed by atoms with Gasteiger partial charge < -0.3 is 5.32 Å². The van der Waals surface area contributed by atoms with E-state index in [9.17, 15) is 4.79 Å². The van der Waals surface area contributed by atoms with Crippen LogP contribution in [0, 0.1) is 27.7 Å². The number of nitrogens with zero attached hydrogens (tertiary/aromatic N) is 2. The Hall–Kier alpha value is -1.92. The van der Waals surface area contributed by atoms with E-state index in [-0.39, 0.29) is 5.91 Å². The summed E-state index contributed by atoms with van der Waals surface area (Å²) in [6.45, 7) is 10.2. The Morgan fingerprint density at radius 3 is 2.65 bits per heavy atom. The quantitative estimate of drug-likeness (QED) is 0.483. The Labute approximate surface area is 162 Å². The number of benzene rings is 1. The van der Waals surface area contributed by atoms with E-state index in [1.54, 1.807) is 11.3 Å². The van der Waals surface area contributed by atoms with Crippen molar-refractivity contribution in [2.24, 2.45) is 0 Å². The molecule has 2 aromatic heterocycles. The highest BCUT2D eigenvalue weighted by Crippen LogP contribution is 2.36. The minimum absolute atomic E-state index is 0.0173. The molecule has 4 nitrogen and oxygen atoms in total. The Balaban J connectivity index is 1.80. The maximum atomic E-state index is 12.4. The molecule has 0 aliphatic rings. The topological polar surface area (TPSA) is 54.9 Å². The summed E-state index contributed by atoms with van der Waals surface area (Å²) >= 11 is 3.19. The lowest BCUT2D eigenvalue weighted by atomic mass is 10.1. The number of anilines is 1. The molecular weight excluding hydrogens is 362 g/mol. The molecule has 0 saturated carbocycles. The van der Waals surface area contributed by atoms with Crippen LogP contribution in [0.1, 0.15) is 34.3 Å². The van der Waals surface area contributed by atoms with Gasteiger partial charge in [0.15, 0.2) is 0 Å². The number of hydrogen-bond acceptors (Lipinski definition) is 5. The highest BCUT2D eigenvalue weighted by atomic mass is 32.2. The lowest BCUT2D eigenvalue weighted by molar-refractivity contribution is -0.113. The predicted octanol–water partition coefficient (Wildman–Crippen LogP) is 5.22. The van der Waals surface area contributed by atoms with Gasteiger partial charge in [-0.05, 0) is 51.3 Å². The van der Waals surface area contributed by atoms with Crippen molar-refractivity contribution in [3.63, 3.8) is 0 Å². The second-order valence-corrected chi connectivity index (χ2v) is 8.57. The van der Waals surface area contributed by atoms with Crippen molar-refractivity contribution >= 4 is 44.9 Å². The van der Waals surface area contributed by atoms with Crippen LogP contribution in [0.4, 0.5) is 5.69 Å². The SMILES string of the molecule is CCc1c(C)sc2nc(C)nc(SCC(=O)Nc3ccc(C)cc3C)c12. The Morgan fingerprint density at radius 1 is 1.19 bits per heavy atom.